The van der Waals surface area contributed by atoms with Crippen LogP contribution in [0.5, 0.6) is 0 Å². The van der Waals surface area contributed by atoms with Crippen molar-refractivity contribution >= 4 is 16.8 Å². The number of ether oxygens (including phenoxy) is 2. The van der Waals surface area contributed by atoms with E-state index in [1.54, 1.807) is 0 Å². The van der Waals surface area contributed by atoms with E-state index in [0.717, 1.165) is 64.1 Å². The van der Waals surface area contributed by atoms with Crippen molar-refractivity contribution in [3.63, 3.8) is 0 Å². The lowest BCUT2D eigenvalue weighted by Gasteiger charge is -2.31. The lowest BCUT2D eigenvalue weighted by Crippen LogP contribution is -3.14. The summed E-state index contributed by atoms with van der Waals surface area (Å²) in [5.74, 6) is 0.388. The van der Waals surface area contributed by atoms with E-state index < -0.39 is 10.8 Å². The molecule has 1 saturated carbocycles. The molecular formula is C24H38NO4S+. The summed E-state index contributed by atoms with van der Waals surface area (Å²) in [6, 6.07) is 8.46. The summed E-state index contributed by atoms with van der Waals surface area (Å²) in [5.41, 5.74) is 2.49. The molecule has 1 aliphatic heterocycles. The summed E-state index contributed by atoms with van der Waals surface area (Å²) in [4.78, 5) is 13.8. The molecule has 2 fully saturated rings. The lowest BCUT2D eigenvalue weighted by molar-refractivity contribution is -0.907. The van der Waals surface area contributed by atoms with E-state index in [1.165, 1.54) is 10.5 Å². The van der Waals surface area contributed by atoms with Crippen molar-refractivity contribution in [2.45, 2.75) is 75.4 Å². The van der Waals surface area contributed by atoms with Gasteiger partial charge >= 0.3 is 5.97 Å². The number of benzene rings is 1. The summed E-state index contributed by atoms with van der Waals surface area (Å²) in [7, 11) is -1.04. The summed E-state index contributed by atoms with van der Waals surface area (Å²) < 4.78 is 24.4. The predicted octanol–water partition coefficient (Wildman–Crippen LogP) is 2.39. The number of rotatable bonds is 7. The molecule has 0 radical (unpaired) electrons. The minimum absolute atomic E-state index is 0.0549. The van der Waals surface area contributed by atoms with Crippen LogP contribution in [-0.4, -0.2) is 54.4 Å². The van der Waals surface area contributed by atoms with Crippen LogP contribution < -0.4 is 4.90 Å². The van der Waals surface area contributed by atoms with Gasteiger partial charge in [-0.1, -0.05) is 51.5 Å². The molecule has 5 nitrogen and oxygen atoms in total. The van der Waals surface area contributed by atoms with Crippen molar-refractivity contribution in [1.29, 1.82) is 0 Å². The first-order valence-electron chi connectivity index (χ1n) is 11.4. The molecule has 0 aromatic heterocycles. The zero-order chi connectivity index (χ0) is 21.6. The molecule has 0 bridgehead atoms. The highest BCUT2D eigenvalue weighted by atomic mass is 32.2. The highest BCUT2D eigenvalue weighted by Crippen LogP contribution is 2.28. The van der Waals surface area contributed by atoms with E-state index in [1.807, 2.05) is 0 Å². The zero-order valence-electron chi connectivity index (χ0n) is 18.8. The molecule has 0 unspecified atom stereocenters. The number of hydrogen-bond acceptors (Lipinski definition) is 4. The average molecular weight is 437 g/mol. The lowest BCUT2D eigenvalue weighted by atomic mass is 9.87. The van der Waals surface area contributed by atoms with Crippen LogP contribution in [0.1, 0.15) is 64.0 Å². The van der Waals surface area contributed by atoms with Gasteiger partial charge in [-0.3, -0.25) is 9.00 Å². The van der Waals surface area contributed by atoms with Gasteiger partial charge in [0.15, 0.2) is 0 Å². The fourth-order valence-electron chi connectivity index (χ4n) is 4.29. The Morgan fingerprint density at radius 1 is 1.13 bits per heavy atom. The van der Waals surface area contributed by atoms with Crippen molar-refractivity contribution in [3.05, 3.63) is 35.4 Å². The van der Waals surface area contributed by atoms with Gasteiger partial charge in [0.25, 0.3) is 0 Å². The molecule has 1 aliphatic carbocycles. The Morgan fingerprint density at radius 3 is 2.47 bits per heavy atom. The molecule has 2 aliphatic rings. The topological polar surface area (TPSA) is 57.0 Å². The number of esters is 1. The summed E-state index contributed by atoms with van der Waals surface area (Å²) in [5, 5.41) is -0.0549. The summed E-state index contributed by atoms with van der Waals surface area (Å²) in [6.07, 6.45) is 4.03. The monoisotopic (exact) mass is 436 g/mol. The molecule has 30 heavy (non-hydrogen) atoms. The summed E-state index contributed by atoms with van der Waals surface area (Å²) >= 11 is 0. The molecule has 6 heteroatoms. The van der Waals surface area contributed by atoms with Gasteiger partial charge in [0.05, 0.1) is 31.4 Å². The number of carbonyl (C=O) groups excluding carboxylic acids is 1. The Kier molecular flexibility index (Phi) is 8.49. The highest BCUT2D eigenvalue weighted by Gasteiger charge is 2.33. The molecule has 0 amide bonds. The first-order valence-corrected chi connectivity index (χ1v) is 12.8. The number of quaternary nitrogens is 1. The van der Waals surface area contributed by atoms with Crippen LogP contribution in [0.25, 0.3) is 0 Å². The minimum atomic E-state index is -1.04. The van der Waals surface area contributed by atoms with E-state index in [9.17, 15) is 9.00 Å². The normalized spacial score (nSPS) is 24.4. The predicted molar refractivity (Wildman–Crippen MR) is 120 cm³/mol. The Hall–Kier alpha value is -1.24. The SMILES string of the molecule is CC(C)(C)c1ccc(C[S@@](=O)[C@@H]2CCCC[C@@H]2OC(=O)CC[NH+]2CCOCC2)cc1. The second kappa shape index (κ2) is 10.9. The van der Waals surface area contributed by atoms with Gasteiger partial charge in [0.1, 0.15) is 19.2 Å². The quantitative estimate of drug-likeness (QED) is 0.667. The van der Waals surface area contributed by atoms with Crippen LogP contribution in [0.2, 0.25) is 0 Å². The molecule has 1 heterocycles. The van der Waals surface area contributed by atoms with Crippen LogP contribution in [0.15, 0.2) is 24.3 Å². The zero-order valence-corrected chi connectivity index (χ0v) is 19.6. The largest absolute Gasteiger partial charge is 0.461 e. The van der Waals surface area contributed by atoms with Crippen LogP contribution in [0, 0.1) is 0 Å². The Morgan fingerprint density at radius 2 is 1.80 bits per heavy atom. The number of nitrogens with one attached hydrogen (secondary N) is 1. The van der Waals surface area contributed by atoms with Crippen LogP contribution in [-0.2, 0) is 36.2 Å². The van der Waals surface area contributed by atoms with Gasteiger partial charge in [-0.15, -0.1) is 0 Å². The minimum Gasteiger partial charge on any atom is -0.461 e. The molecule has 1 N–H and O–H groups in total. The molecule has 0 spiro atoms. The smallest absolute Gasteiger partial charge is 0.311 e. The molecule has 1 aromatic carbocycles. The van der Waals surface area contributed by atoms with Gasteiger partial charge in [0, 0.05) is 16.6 Å². The van der Waals surface area contributed by atoms with E-state index in [2.05, 4.69) is 45.0 Å². The van der Waals surface area contributed by atoms with E-state index >= 15 is 0 Å². The number of morpholine rings is 1. The maximum atomic E-state index is 13.1. The molecule has 168 valence electrons. The third kappa shape index (κ3) is 6.89. The molecule has 3 atom stereocenters. The van der Waals surface area contributed by atoms with Crippen molar-refractivity contribution in [2.75, 3.05) is 32.8 Å². The molecule has 1 aromatic rings. The maximum Gasteiger partial charge on any atom is 0.311 e. The van der Waals surface area contributed by atoms with Crippen molar-refractivity contribution < 1.29 is 23.4 Å². The van der Waals surface area contributed by atoms with Crippen LogP contribution >= 0.6 is 0 Å². The number of carbonyl (C=O) groups is 1. The second-order valence-corrected chi connectivity index (χ2v) is 11.3. The van der Waals surface area contributed by atoms with Crippen molar-refractivity contribution in [2.24, 2.45) is 0 Å². The molecular weight excluding hydrogens is 398 g/mol. The maximum absolute atomic E-state index is 13.1. The molecule has 1 saturated heterocycles. The summed E-state index contributed by atoms with van der Waals surface area (Å²) in [6.45, 7) is 10.8. The second-order valence-electron chi connectivity index (χ2n) is 9.69. The van der Waals surface area contributed by atoms with Gasteiger partial charge in [-0.05, 0) is 35.8 Å². The third-order valence-corrected chi connectivity index (χ3v) is 8.11. The van der Waals surface area contributed by atoms with E-state index in [0.29, 0.717) is 12.2 Å². The van der Waals surface area contributed by atoms with Crippen molar-refractivity contribution in [1.82, 2.24) is 0 Å². The van der Waals surface area contributed by atoms with Crippen LogP contribution in [0.4, 0.5) is 0 Å². The fourth-order valence-corrected chi connectivity index (χ4v) is 5.98. The first kappa shape index (κ1) is 23.4. The third-order valence-electron chi connectivity index (χ3n) is 6.27. The Balaban J connectivity index is 1.52. The van der Waals surface area contributed by atoms with Gasteiger partial charge in [-0.25, -0.2) is 0 Å². The fraction of sp³-hybridized carbons (Fsp3) is 0.708. The first-order chi connectivity index (χ1) is 14.3. The van der Waals surface area contributed by atoms with Gasteiger partial charge < -0.3 is 14.4 Å². The van der Waals surface area contributed by atoms with Crippen LogP contribution in [0.3, 0.4) is 0 Å². The standard InChI is InChI=1S/C24H37NO4S/c1-24(2,3)20-10-8-19(9-11-20)18-30(27)22-7-5-4-6-21(22)29-23(26)12-13-25-14-16-28-17-15-25/h8-11,21-22H,4-7,12-18H2,1-3H3/p+1/t21-,22+,30+/m0/s1. The number of hydrogen-bond donors (Lipinski definition) is 1. The van der Waals surface area contributed by atoms with Crippen molar-refractivity contribution in [3.8, 4) is 0 Å². The Bertz CT molecular complexity index is 707. The van der Waals surface area contributed by atoms with E-state index in [4.69, 9.17) is 9.47 Å². The average Bonchev–Trinajstić information content (AvgIpc) is 2.73. The van der Waals surface area contributed by atoms with Gasteiger partial charge in [-0.2, -0.15) is 0 Å². The highest BCUT2D eigenvalue weighted by molar-refractivity contribution is 7.84. The molecule has 3 rings (SSSR count). The van der Waals surface area contributed by atoms with E-state index in [-0.39, 0.29) is 22.7 Å². The Labute approximate surface area is 184 Å². The van der Waals surface area contributed by atoms with Gasteiger partial charge in [0.2, 0.25) is 0 Å².